The van der Waals surface area contributed by atoms with Crippen LogP contribution in [0.15, 0.2) is 21.6 Å². The summed E-state index contributed by atoms with van der Waals surface area (Å²) in [4.78, 5) is 0. The molecule has 0 radical (unpaired) electrons. The van der Waals surface area contributed by atoms with Gasteiger partial charge in [-0.2, -0.15) is 0 Å². The zero-order chi connectivity index (χ0) is 15.7. The highest BCUT2D eigenvalue weighted by Gasteiger charge is 2.07. The first-order valence-corrected chi connectivity index (χ1v) is 8.71. The number of benzene rings is 1. The van der Waals surface area contributed by atoms with Crippen molar-refractivity contribution in [1.29, 1.82) is 0 Å². The van der Waals surface area contributed by atoms with Crippen LogP contribution in [-0.2, 0) is 0 Å². The molecule has 1 rings (SSSR count). The normalized spacial score (nSPS) is 10.3. The lowest BCUT2D eigenvalue weighted by molar-refractivity contribution is 0.300. The van der Waals surface area contributed by atoms with Gasteiger partial charge >= 0.3 is 0 Å². The van der Waals surface area contributed by atoms with E-state index in [1.807, 2.05) is 32.1 Å². The number of rotatable bonds is 9. The first-order chi connectivity index (χ1) is 10.0. The van der Waals surface area contributed by atoms with Crippen LogP contribution in [0.5, 0.6) is 11.5 Å². The Kier molecular flexibility index (Phi) is 9.04. The van der Waals surface area contributed by atoms with Crippen LogP contribution in [0.4, 0.5) is 0 Å². The van der Waals surface area contributed by atoms with Crippen molar-refractivity contribution >= 4 is 31.9 Å². The molecule has 0 spiro atoms. The molecule has 0 saturated heterocycles. The van der Waals surface area contributed by atoms with Crippen molar-refractivity contribution in [2.75, 3.05) is 19.8 Å². The Labute approximate surface area is 144 Å². The fourth-order valence-electron chi connectivity index (χ4n) is 2.02. The van der Waals surface area contributed by atoms with Crippen LogP contribution in [0.3, 0.4) is 0 Å². The highest BCUT2D eigenvalue weighted by Crippen LogP contribution is 2.28. The van der Waals surface area contributed by atoms with E-state index in [-0.39, 0.29) is 0 Å². The zero-order valence-corrected chi connectivity index (χ0v) is 15.8. The minimum atomic E-state index is 0.518. The molecule has 1 aromatic rings. The number of halogens is 2. The van der Waals surface area contributed by atoms with Gasteiger partial charge in [-0.15, -0.1) is 0 Å². The molecule has 0 aliphatic carbocycles. The maximum atomic E-state index is 5.89. The van der Waals surface area contributed by atoms with E-state index >= 15 is 0 Å². The van der Waals surface area contributed by atoms with E-state index in [1.165, 1.54) is 0 Å². The number of aryl methyl sites for hydroxylation is 2. The third-order valence-electron chi connectivity index (χ3n) is 3.02. The van der Waals surface area contributed by atoms with Crippen molar-refractivity contribution in [2.45, 2.75) is 33.1 Å². The Morgan fingerprint density at radius 3 is 2.33 bits per heavy atom. The van der Waals surface area contributed by atoms with Crippen LogP contribution in [0.2, 0.25) is 0 Å². The topological polar surface area (TPSA) is 44.5 Å². The van der Waals surface area contributed by atoms with Gasteiger partial charge in [0.05, 0.1) is 10.00 Å². The molecule has 1 aromatic carbocycles. The molecule has 2 N–H and O–H groups in total. The number of ether oxygens (including phenoxy) is 2. The van der Waals surface area contributed by atoms with Crippen molar-refractivity contribution in [3.63, 3.8) is 0 Å². The third-order valence-corrected chi connectivity index (χ3v) is 3.66. The van der Waals surface area contributed by atoms with E-state index in [2.05, 4.69) is 31.9 Å². The van der Waals surface area contributed by atoms with Gasteiger partial charge in [0.25, 0.3) is 0 Å². The summed E-state index contributed by atoms with van der Waals surface area (Å²) in [6, 6.07) is 4.02. The Hall–Kier alpha value is -0.520. The van der Waals surface area contributed by atoms with E-state index in [0.29, 0.717) is 6.61 Å². The zero-order valence-electron chi connectivity index (χ0n) is 12.6. The molecule has 0 aromatic heterocycles. The molecule has 0 amide bonds. The maximum absolute atomic E-state index is 5.89. The predicted molar refractivity (Wildman–Crippen MR) is 95.7 cm³/mol. The van der Waals surface area contributed by atoms with Gasteiger partial charge < -0.3 is 15.2 Å². The van der Waals surface area contributed by atoms with Gasteiger partial charge in [0.1, 0.15) is 18.1 Å². The lowest BCUT2D eigenvalue weighted by atomic mass is 10.1. The number of hydrogen-bond donors (Lipinski definition) is 1. The van der Waals surface area contributed by atoms with Crippen molar-refractivity contribution in [3.8, 4) is 11.5 Å². The average molecular weight is 421 g/mol. The second-order valence-corrected chi connectivity index (χ2v) is 7.66. The summed E-state index contributed by atoms with van der Waals surface area (Å²) in [7, 11) is 0. The second kappa shape index (κ2) is 10.2. The fourth-order valence-corrected chi connectivity index (χ4v) is 2.28. The molecule has 0 fully saturated rings. The van der Waals surface area contributed by atoms with Gasteiger partial charge in [-0.05, 0) is 101 Å². The summed E-state index contributed by atoms with van der Waals surface area (Å²) in [5.74, 6) is 1.82. The molecule has 21 heavy (non-hydrogen) atoms. The van der Waals surface area contributed by atoms with Crippen LogP contribution in [0.1, 0.15) is 30.4 Å². The Morgan fingerprint density at radius 1 is 1.10 bits per heavy atom. The molecule has 118 valence electrons. The van der Waals surface area contributed by atoms with Crippen molar-refractivity contribution < 1.29 is 9.47 Å². The van der Waals surface area contributed by atoms with Gasteiger partial charge in [0.2, 0.25) is 0 Å². The monoisotopic (exact) mass is 419 g/mol. The van der Waals surface area contributed by atoms with E-state index in [4.69, 9.17) is 15.2 Å². The fraction of sp³-hybridized carbons (Fsp3) is 0.500. The predicted octanol–water partition coefficient (Wildman–Crippen LogP) is 4.82. The van der Waals surface area contributed by atoms with Gasteiger partial charge in [-0.25, -0.2) is 0 Å². The SMILES string of the molecule is Cc1cc(OCC=C(Br)Br)cc(C)c1OCCCCCN. The number of unbranched alkanes of at least 4 members (excludes halogenated alkanes) is 2. The Bertz CT molecular complexity index is 448. The van der Waals surface area contributed by atoms with E-state index in [1.54, 1.807) is 0 Å². The maximum Gasteiger partial charge on any atom is 0.125 e. The van der Waals surface area contributed by atoms with Crippen LogP contribution < -0.4 is 15.2 Å². The van der Waals surface area contributed by atoms with Crippen molar-refractivity contribution in [1.82, 2.24) is 0 Å². The smallest absolute Gasteiger partial charge is 0.125 e. The lowest BCUT2D eigenvalue weighted by Gasteiger charge is -2.14. The summed E-state index contributed by atoms with van der Waals surface area (Å²) in [5, 5.41) is 0. The highest BCUT2D eigenvalue weighted by atomic mass is 79.9. The second-order valence-electron chi connectivity index (χ2n) is 4.89. The molecule has 0 saturated carbocycles. The third kappa shape index (κ3) is 7.34. The van der Waals surface area contributed by atoms with Gasteiger partial charge in [0.15, 0.2) is 0 Å². The Balaban J connectivity index is 2.56. The number of hydrogen-bond acceptors (Lipinski definition) is 3. The largest absolute Gasteiger partial charge is 0.493 e. The van der Waals surface area contributed by atoms with E-state index in [9.17, 15) is 0 Å². The van der Waals surface area contributed by atoms with Crippen LogP contribution in [-0.4, -0.2) is 19.8 Å². The molecular weight excluding hydrogens is 398 g/mol. The molecular formula is C16H23Br2NO2. The standard InChI is InChI=1S/C16H23Br2NO2/c1-12-10-14(20-9-6-15(17)18)11-13(2)16(12)21-8-5-3-4-7-19/h6,10-11H,3-5,7-9,19H2,1-2H3. The molecule has 0 aliphatic heterocycles. The quantitative estimate of drug-likeness (QED) is 0.582. The lowest BCUT2D eigenvalue weighted by Crippen LogP contribution is -2.04. The van der Waals surface area contributed by atoms with Crippen LogP contribution in [0.25, 0.3) is 0 Å². The van der Waals surface area contributed by atoms with E-state index in [0.717, 1.165) is 58.4 Å². The minimum Gasteiger partial charge on any atom is -0.493 e. The first-order valence-electron chi connectivity index (χ1n) is 7.12. The Morgan fingerprint density at radius 2 is 1.76 bits per heavy atom. The van der Waals surface area contributed by atoms with Crippen molar-refractivity contribution in [3.05, 3.63) is 32.7 Å². The van der Waals surface area contributed by atoms with E-state index < -0.39 is 0 Å². The van der Waals surface area contributed by atoms with Gasteiger partial charge in [0, 0.05) is 0 Å². The van der Waals surface area contributed by atoms with Crippen LogP contribution >= 0.6 is 31.9 Å². The molecule has 5 heteroatoms. The molecule has 0 bridgehead atoms. The molecule has 0 heterocycles. The molecule has 0 aliphatic rings. The van der Waals surface area contributed by atoms with Gasteiger partial charge in [-0.1, -0.05) is 0 Å². The summed E-state index contributed by atoms with van der Waals surface area (Å²) >= 11 is 6.61. The summed E-state index contributed by atoms with van der Waals surface area (Å²) < 4.78 is 12.5. The number of nitrogens with two attached hydrogens (primary N) is 1. The van der Waals surface area contributed by atoms with Crippen LogP contribution in [0, 0.1) is 13.8 Å². The summed E-state index contributed by atoms with van der Waals surface area (Å²) in [5.41, 5.74) is 7.69. The van der Waals surface area contributed by atoms with Gasteiger partial charge in [-0.3, -0.25) is 0 Å². The minimum absolute atomic E-state index is 0.518. The summed E-state index contributed by atoms with van der Waals surface area (Å²) in [6.45, 7) is 6.10. The molecule has 0 atom stereocenters. The highest BCUT2D eigenvalue weighted by molar-refractivity contribution is 9.28. The average Bonchev–Trinajstić information content (AvgIpc) is 2.40. The molecule has 3 nitrogen and oxygen atoms in total. The summed E-state index contributed by atoms with van der Waals surface area (Å²) in [6.07, 6.45) is 5.12. The molecule has 0 unspecified atom stereocenters. The van der Waals surface area contributed by atoms with Crippen molar-refractivity contribution in [2.24, 2.45) is 5.73 Å². The first kappa shape index (κ1) is 18.5.